The van der Waals surface area contributed by atoms with Gasteiger partial charge in [0, 0.05) is 56.1 Å². The summed E-state index contributed by atoms with van der Waals surface area (Å²) in [7, 11) is 0. The van der Waals surface area contributed by atoms with Gasteiger partial charge in [0.1, 0.15) is 17.6 Å². The van der Waals surface area contributed by atoms with Crippen molar-refractivity contribution in [3.8, 4) is 11.3 Å². The third-order valence-electron chi connectivity index (χ3n) is 6.47. The van der Waals surface area contributed by atoms with Crippen LogP contribution in [0.15, 0.2) is 30.5 Å². The lowest BCUT2D eigenvalue weighted by Crippen LogP contribution is -2.49. The topological polar surface area (TPSA) is 76.1 Å². The Morgan fingerprint density at radius 3 is 2.71 bits per heavy atom. The van der Waals surface area contributed by atoms with Crippen molar-refractivity contribution >= 4 is 23.2 Å². The van der Waals surface area contributed by atoms with Crippen LogP contribution in [0.1, 0.15) is 31.4 Å². The monoisotopic (exact) mass is 496 g/mol. The second-order valence-electron chi connectivity index (χ2n) is 8.92. The normalized spacial score (nSPS) is 21.9. The molecule has 34 heavy (non-hydrogen) atoms. The molecule has 0 amide bonds. The van der Waals surface area contributed by atoms with Gasteiger partial charge in [-0.1, -0.05) is 17.7 Å². The third kappa shape index (κ3) is 6.46. The van der Waals surface area contributed by atoms with Gasteiger partial charge in [-0.05, 0) is 49.8 Å². The number of nitrogens with zero attached hydrogens (tertiary/aromatic N) is 2. The number of piperidine rings is 1. The number of rotatable bonds is 7. The van der Waals surface area contributed by atoms with Crippen LogP contribution in [0.5, 0.6) is 0 Å². The number of pyridine rings is 2. The van der Waals surface area contributed by atoms with E-state index >= 15 is 0 Å². The zero-order valence-electron chi connectivity index (χ0n) is 18.7. The molecule has 4 rings (SSSR count). The van der Waals surface area contributed by atoms with Crippen LogP contribution in [0.25, 0.3) is 11.3 Å². The highest BCUT2D eigenvalue weighted by Gasteiger charge is 2.42. The Morgan fingerprint density at radius 1 is 1.21 bits per heavy atom. The van der Waals surface area contributed by atoms with Crippen molar-refractivity contribution in [3.05, 3.63) is 41.2 Å². The fraction of sp³-hybridized carbons (Fsp3) is 0.542. The molecule has 0 unspecified atom stereocenters. The first-order chi connectivity index (χ1) is 16.3. The Kier molecular flexibility index (Phi) is 8.06. The number of alkyl halides is 3. The van der Waals surface area contributed by atoms with E-state index in [0.29, 0.717) is 27.9 Å². The van der Waals surface area contributed by atoms with Crippen molar-refractivity contribution < 1.29 is 22.7 Å². The molecule has 2 aliphatic heterocycles. The van der Waals surface area contributed by atoms with Crippen molar-refractivity contribution in [2.24, 2.45) is 11.8 Å². The van der Waals surface area contributed by atoms with Gasteiger partial charge in [-0.25, -0.2) is 4.98 Å². The minimum atomic E-state index is -4.29. The first-order valence-electron chi connectivity index (χ1n) is 11.6. The largest absolute Gasteiger partial charge is 0.403 e. The number of ketones is 1. The van der Waals surface area contributed by atoms with Gasteiger partial charge < -0.3 is 15.4 Å². The Bertz CT molecular complexity index is 990. The summed E-state index contributed by atoms with van der Waals surface area (Å²) >= 11 is 6.39. The van der Waals surface area contributed by atoms with E-state index in [0.717, 1.165) is 38.4 Å². The van der Waals surface area contributed by atoms with Crippen molar-refractivity contribution in [2.45, 2.75) is 44.3 Å². The molecule has 0 aromatic carbocycles. The minimum Gasteiger partial charge on any atom is -0.381 e. The lowest BCUT2D eigenvalue weighted by Gasteiger charge is -2.30. The van der Waals surface area contributed by atoms with Gasteiger partial charge in [-0.15, -0.1) is 0 Å². The summed E-state index contributed by atoms with van der Waals surface area (Å²) in [6.07, 6.45) is -0.615. The van der Waals surface area contributed by atoms with Crippen LogP contribution in [-0.2, 0) is 16.0 Å². The zero-order valence-corrected chi connectivity index (χ0v) is 19.5. The van der Waals surface area contributed by atoms with Crippen LogP contribution >= 0.6 is 11.6 Å². The molecular formula is C24H28ClF3N4O2. The molecule has 0 aliphatic carbocycles. The van der Waals surface area contributed by atoms with E-state index in [1.165, 1.54) is 6.20 Å². The van der Waals surface area contributed by atoms with Gasteiger partial charge in [0.15, 0.2) is 0 Å². The molecule has 0 spiro atoms. The van der Waals surface area contributed by atoms with E-state index in [-0.39, 0.29) is 31.6 Å². The molecule has 2 saturated heterocycles. The molecule has 2 aromatic heterocycles. The summed E-state index contributed by atoms with van der Waals surface area (Å²) < 4.78 is 43.9. The van der Waals surface area contributed by atoms with Crippen LogP contribution in [0.4, 0.5) is 19.0 Å². The number of nitrogens with one attached hydrogen (secondary N) is 2. The summed E-state index contributed by atoms with van der Waals surface area (Å²) in [4.78, 5) is 21.7. The maximum absolute atomic E-state index is 12.8. The molecule has 2 fully saturated rings. The van der Waals surface area contributed by atoms with Crippen LogP contribution in [0.3, 0.4) is 0 Å². The summed E-state index contributed by atoms with van der Waals surface area (Å²) in [5.74, 6) is 0.688. The summed E-state index contributed by atoms with van der Waals surface area (Å²) in [5.41, 5.74) is 1.84. The third-order valence-corrected chi connectivity index (χ3v) is 6.77. The van der Waals surface area contributed by atoms with Gasteiger partial charge in [-0.3, -0.25) is 9.78 Å². The van der Waals surface area contributed by atoms with Crippen molar-refractivity contribution in [1.82, 2.24) is 15.3 Å². The average Bonchev–Trinajstić information content (AvgIpc) is 2.84. The van der Waals surface area contributed by atoms with E-state index in [1.807, 2.05) is 18.2 Å². The second kappa shape index (κ2) is 11.0. The van der Waals surface area contributed by atoms with Crippen LogP contribution < -0.4 is 10.6 Å². The maximum Gasteiger partial charge on any atom is 0.403 e. The fourth-order valence-electron chi connectivity index (χ4n) is 4.39. The number of aromatic nitrogens is 2. The fourth-order valence-corrected chi connectivity index (χ4v) is 4.59. The van der Waals surface area contributed by atoms with Gasteiger partial charge in [0.25, 0.3) is 0 Å². The Balaban J connectivity index is 1.39. The SMILES string of the molecule is O=C(Cc1cc(-c2cccc(NCC3CCOCC3)n2)c(Cl)cn1)[C@@H]1CC[C@H](C(F)(F)F)NC1. The number of ether oxygens (including phenoxy) is 1. The smallest absolute Gasteiger partial charge is 0.381 e. The Hall–Kier alpha value is -2.23. The number of Topliss-reactive ketones (excluding diaryl/α,β-unsaturated/α-hetero) is 1. The van der Waals surface area contributed by atoms with Crippen LogP contribution in [0.2, 0.25) is 5.02 Å². The number of hydrogen-bond acceptors (Lipinski definition) is 6. The molecule has 6 nitrogen and oxygen atoms in total. The first kappa shape index (κ1) is 24.9. The van der Waals surface area contributed by atoms with Crippen LogP contribution in [-0.4, -0.2) is 54.3 Å². The standard InChI is InChI=1S/C24H28ClF3N4O2/c25-19-14-29-17(11-21(33)16-4-5-22(30-13-16)24(26,27)28)10-18(19)20-2-1-3-23(32-20)31-12-15-6-8-34-9-7-15/h1-3,10,14-16,22,30H,4-9,11-13H2,(H,31,32)/t16-,22-/m1/s1. The van der Waals surface area contributed by atoms with Crippen LogP contribution in [0, 0.1) is 11.8 Å². The zero-order chi connectivity index (χ0) is 24.1. The van der Waals surface area contributed by atoms with E-state index in [1.54, 1.807) is 6.07 Å². The predicted octanol–water partition coefficient (Wildman–Crippen LogP) is 4.68. The number of hydrogen-bond donors (Lipinski definition) is 2. The number of carbonyl (C=O) groups excluding carboxylic acids is 1. The first-order valence-corrected chi connectivity index (χ1v) is 11.9. The molecule has 0 saturated carbocycles. The van der Waals surface area contributed by atoms with E-state index in [4.69, 9.17) is 16.3 Å². The number of halogens is 4. The van der Waals surface area contributed by atoms with Crippen molar-refractivity contribution in [3.63, 3.8) is 0 Å². The molecule has 0 radical (unpaired) electrons. The lowest BCUT2D eigenvalue weighted by atomic mass is 9.89. The van der Waals surface area contributed by atoms with Crippen molar-refractivity contribution in [1.29, 1.82) is 0 Å². The Labute approximate surface area is 201 Å². The molecule has 0 bridgehead atoms. The quantitative estimate of drug-likeness (QED) is 0.580. The highest BCUT2D eigenvalue weighted by molar-refractivity contribution is 6.33. The highest BCUT2D eigenvalue weighted by Crippen LogP contribution is 2.30. The average molecular weight is 497 g/mol. The molecule has 2 N–H and O–H groups in total. The predicted molar refractivity (Wildman–Crippen MR) is 124 cm³/mol. The van der Waals surface area contributed by atoms with E-state index < -0.39 is 18.1 Å². The molecule has 184 valence electrons. The maximum atomic E-state index is 12.8. The van der Waals surface area contributed by atoms with Crippen molar-refractivity contribution in [2.75, 3.05) is 31.6 Å². The number of carbonyl (C=O) groups is 1. The molecule has 4 heterocycles. The van der Waals surface area contributed by atoms with Gasteiger partial charge in [-0.2, -0.15) is 13.2 Å². The second-order valence-corrected chi connectivity index (χ2v) is 9.33. The molecule has 2 atom stereocenters. The Morgan fingerprint density at radius 2 is 2.00 bits per heavy atom. The molecule has 2 aliphatic rings. The molecule has 10 heteroatoms. The van der Waals surface area contributed by atoms with Gasteiger partial charge >= 0.3 is 6.18 Å². The highest BCUT2D eigenvalue weighted by atomic mass is 35.5. The summed E-state index contributed by atoms with van der Waals surface area (Å²) in [6.45, 7) is 2.40. The summed E-state index contributed by atoms with van der Waals surface area (Å²) in [6, 6.07) is 5.82. The van der Waals surface area contributed by atoms with E-state index in [9.17, 15) is 18.0 Å². The van der Waals surface area contributed by atoms with Gasteiger partial charge in [0.2, 0.25) is 0 Å². The lowest BCUT2D eigenvalue weighted by molar-refractivity contribution is -0.163. The van der Waals surface area contributed by atoms with Gasteiger partial charge in [0.05, 0.1) is 10.7 Å². The minimum absolute atomic E-state index is 0.0197. The molecular weight excluding hydrogens is 469 g/mol. The summed E-state index contributed by atoms with van der Waals surface area (Å²) in [5, 5.41) is 6.25. The molecule has 2 aromatic rings. The number of anilines is 1. The van der Waals surface area contributed by atoms with E-state index in [2.05, 4.69) is 20.6 Å².